The molecule has 1 aliphatic carbocycles. The number of hydrogen-bond acceptors (Lipinski definition) is 3. The quantitative estimate of drug-likeness (QED) is 0.682. The van der Waals surface area contributed by atoms with Crippen molar-refractivity contribution in [1.82, 2.24) is 10.0 Å². The van der Waals surface area contributed by atoms with Gasteiger partial charge in [0.1, 0.15) is 6.04 Å². The van der Waals surface area contributed by atoms with Gasteiger partial charge in [0, 0.05) is 6.54 Å². The van der Waals surface area contributed by atoms with Crippen molar-refractivity contribution in [3.63, 3.8) is 0 Å². The fraction of sp³-hybridized carbons (Fsp3) is 0.550. The van der Waals surface area contributed by atoms with E-state index < -0.39 is 16.1 Å². The van der Waals surface area contributed by atoms with Crippen LogP contribution in [0.4, 0.5) is 0 Å². The molecule has 0 saturated carbocycles. The van der Waals surface area contributed by atoms with Crippen molar-refractivity contribution in [1.29, 1.82) is 0 Å². The van der Waals surface area contributed by atoms with Gasteiger partial charge in [-0.15, -0.1) is 0 Å². The Morgan fingerprint density at radius 2 is 1.85 bits per heavy atom. The number of hydrogen-bond donors (Lipinski definition) is 2. The van der Waals surface area contributed by atoms with Crippen molar-refractivity contribution in [2.24, 2.45) is 5.92 Å². The van der Waals surface area contributed by atoms with Crippen LogP contribution in [0, 0.1) is 12.8 Å². The van der Waals surface area contributed by atoms with E-state index in [1.165, 1.54) is 18.4 Å². The summed E-state index contributed by atoms with van der Waals surface area (Å²) >= 11 is 0. The highest BCUT2D eigenvalue weighted by atomic mass is 32.2. The number of benzene rings is 1. The predicted octanol–water partition coefficient (Wildman–Crippen LogP) is 3.30. The molecule has 1 atom stereocenters. The predicted molar refractivity (Wildman–Crippen MR) is 104 cm³/mol. The van der Waals surface area contributed by atoms with E-state index in [0.29, 0.717) is 6.54 Å². The summed E-state index contributed by atoms with van der Waals surface area (Å²) < 4.78 is 27.7. The molecule has 5 nitrogen and oxygen atoms in total. The van der Waals surface area contributed by atoms with Crippen LogP contribution < -0.4 is 10.0 Å². The second-order valence-corrected chi connectivity index (χ2v) is 9.02. The van der Waals surface area contributed by atoms with Crippen molar-refractivity contribution in [2.45, 2.75) is 63.8 Å². The maximum absolute atomic E-state index is 12.6. The zero-order chi connectivity index (χ0) is 19.2. The molecule has 6 heteroatoms. The zero-order valence-electron chi connectivity index (χ0n) is 15.9. The maximum atomic E-state index is 12.6. The molecule has 0 heterocycles. The van der Waals surface area contributed by atoms with Crippen molar-refractivity contribution in [2.75, 3.05) is 6.54 Å². The number of rotatable bonds is 8. The number of carbonyl (C=O) groups excluding carboxylic acids is 1. The van der Waals surface area contributed by atoms with E-state index in [9.17, 15) is 13.2 Å². The van der Waals surface area contributed by atoms with E-state index in [1.54, 1.807) is 24.3 Å². The Balaban J connectivity index is 1.97. The van der Waals surface area contributed by atoms with Gasteiger partial charge in [-0.1, -0.05) is 43.2 Å². The number of carbonyl (C=O) groups is 1. The lowest BCUT2D eigenvalue weighted by molar-refractivity contribution is -0.123. The maximum Gasteiger partial charge on any atom is 0.241 e. The number of allylic oxidation sites excluding steroid dienone is 1. The highest BCUT2D eigenvalue weighted by molar-refractivity contribution is 7.89. The van der Waals surface area contributed by atoms with Gasteiger partial charge in [0.05, 0.1) is 4.90 Å². The summed E-state index contributed by atoms with van der Waals surface area (Å²) in [5, 5.41) is 2.89. The molecule has 2 rings (SSSR count). The zero-order valence-corrected chi connectivity index (χ0v) is 16.7. The van der Waals surface area contributed by atoms with Gasteiger partial charge in [-0.3, -0.25) is 4.79 Å². The van der Waals surface area contributed by atoms with Gasteiger partial charge >= 0.3 is 0 Å². The first-order valence-corrected chi connectivity index (χ1v) is 10.8. The molecule has 0 bridgehead atoms. The van der Waals surface area contributed by atoms with Crippen LogP contribution in [0.2, 0.25) is 0 Å². The van der Waals surface area contributed by atoms with Crippen LogP contribution in [0.15, 0.2) is 40.8 Å². The summed E-state index contributed by atoms with van der Waals surface area (Å²) in [7, 11) is -3.73. The molecule has 26 heavy (non-hydrogen) atoms. The normalized spacial score (nSPS) is 16.2. The van der Waals surface area contributed by atoms with Crippen LogP contribution in [0.1, 0.15) is 51.5 Å². The van der Waals surface area contributed by atoms with Gasteiger partial charge in [0.2, 0.25) is 15.9 Å². The first kappa shape index (κ1) is 20.6. The molecule has 1 aromatic carbocycles. The third-order valence-corrected chi connectivity index (χ3v) is 6.15. The van der Waals surface area contributed by atoms with Crippen LogP contribution in [-0.4, -0.2) is 26.9 Å². The van der Waals surface area contributed by atoms with Crippen LogP contribution in [0.3, 0.4) is 0 Å². The van der Waals surface area contributed by atoms with E-state index in [0.717, 1.165) is 24.8 Å². The van der Waals surface area contributed by atoms with Crippen LogP contribution in [-0.2, 0) is 14.8 Å². The summed E-state index contributed by atoms with van der Waals surface area (Å²) in [6.45, 7) is 6.12. The number of nitrogens with one attached hydrogen (secondary N) is 2. The molecule has 0 aliphatic heterocycles. The molecule has 0 spiro atoms. The Bertz CT molecular complexity index is 737. The topological polar surface area (TPSA) is 75.3 Å². The Kier molecular flexibility index (Phi) is 7.41. The fourth-order valence-corrected chi connectivity index (χ4v) is 4.38. The van der Waals surface area contributed by atoms with Crippen LogP contribution in [0.25, 0.3) is 0 Å². The molecule has 2 N–H and O–H groups in total. The van der Waals surface area contributed by atoms with Gasteiger partial charge in [0.15, 0.2) is 0 Å². The first-order chi connectivity index (χ1) is 12.3. The number of amides is 1. The number of sulfonamides is 1. The molecule has 0 saturated heterocycles. The lowest BCUT2D eigenvalue weighted by Gasteiger charge is -2.22. The lowest BCUT2D eigenvalue weighted by Crippen LogP contribution is -2.49. The highest BCUT2D eigenvalue weighted by Gasteiger charge is 2.28. The molecule has 1 aromatic rings. The van der Waals surface area contributed by atoms with Crippen molar-refractivity contribution >= 4 is 15.9 Å². The Labute approximate surface area is 157 Å². The largest absolute Gasteiger partial charge is 0.354 e. The van der Waals surface area contributed by atoms with Crippen molar-refractivity contribution in [3.8, 4) is 0 Å². The smallest absolute Gasteiger partial charge is 0.241 e. The molecular formula is C20H30N2O3S. The van der Waals surface area contributed by atoms with Gasteiger partial charge in [-0.05, 0) is 57.1 Å². The van der Waals surface area contributed by atoms with Crippen molar-refractivity contribution < 1.29 is 13.2 Å². The van der Waals surface area contributed by atoms with Crippen LogP contribution >= 0.6 is 0 Å². The standard InChI is InChI=1S/C20H30N2O3S/c1-15(2)19(20(23)21-14-13-17-7-5-4-6-8-17)22-26(24,25)18-11-9-16(3)10-12-18/h7,9-12,15,19,22H,4-6,8,13-14H2,1-3H3,(H,21,23). The molecule has 1 unspecified atom stereocenters. The van der Waals surface area contributed by atoms with E-state index in [-0.39, 0.29) is 16.7 Å². The minimum Gasteiger partial charge on any atom is -0.354 e. The van der Waals surface area contributed by atoms with Gasteiger partial charge in [0.25, 0.3) is 0 Å². The SMILES string of the molecule is Cc1ccc(S(=O)(=O)NC(C(=O)NCCC2=CCCCC2)C(C)C)cc1. The minimum absolute atomic E-state index is 0.149. The molecule has 0 radical (unpaired) electrons. The summed E-state index contributed by atoms with van der Waals surface area (Å²) in [6, 6.07) is 5.82. The molecule has 0 aromatic heterocycles. The Morgan fingerprint density at radius 1 is 1.15 bits per heavy atom. The second-order valence-electron chi connectivity index (χ2n) is 7.31. The summed E-state index contributed by atoms with van der Waals surface area (Å²) in [5.74, 6) is -0.420. The van der Waals surface area contributed by atoms with E-state index in [4.69, 9.17) is 0 Å². The lowest BCUT2D eigenvalue weighted by atomic mass is 9.97. The van der Waals surface area contributed by atoms with E-state index >= 15 is 0 Å². The Morgan fingerprint density at radius 3 is 2.42 bits per heavy atom. The third kappa shape index (κ3) is 5.95. The average molecular weight is 379 g/mol. The first-order valence-electron chi connectivity index (χ1n) is 9.34. The third-order valence-electron chi connectivity index (χ3n) is 4.69. The van der Waals surface area contributed by atoms with Gasteiger partial charge in [-0.2, -0.15) is 4.72 Å². The van der Waals surface area contributed by atoms with Crippen molar-refractivity contribution in [3.05, 3.63) is 41.5 Å². The molecular weight excluding hydrogens is 348 g/mol. The molecule has 0 fully saturated rings. The van der Waals surface area contributed by atoms with E-state index in [1.807, 2.05) is 20.8 Å². The summed E-state index contributed by atoms with van der Waals surface area (Å²) in [5.41, 5.74) is 2.37. The van der Waals surface area contributed by atoms with Gasteiger partial charge in [-0.25, -0.2) is 8.42 Å². The monoisotopic (exact) mass is 378 g/mol. The second kappa shape index (κ2) is 9.33. The van der Waals surface area contributed by atoms with Crippen LogP contribution in [0.5, 0.6) is 0 Å². The van der Waals surface area contributed by atoms with Gasteiger partial charge < -0.3 is 5.32 Å². The summed E-state index contributed by atoms with van der Waals surface area (Å²) in [6.07, 6.45) is 7.77. The minimum atomic E-state index is -3.73. The van der Waals surface area contributed by atoms with E-state index in [2.05, 4.69) is 16.1 Å². The average Bonchev–Trinajstić information content (AvgIpc) is 2.60. The number of aryl methyl sites for hydroxylation is 1. The molecule has 1 amide bonds. The molecule has 1 aliphatic rings. The Hall–Kier alpha value is -1.66. The fourth-order valence-electron chi connectivity index (χ4n) is 3.03. The summed E-state index contributed by atoms with van der Waals surface area (Å²) in [4.78, 5) is 12.7. The highest BCUT2D eigenvalue weighted by Crippen LogP contribution is 2.19. The molecule has 144 valence electrons.